The number of rotatable bonds is 7. The standard InChI is InChI=1S/C21H21ClN2O2/c1-2-3-13-19-23-14-20(26-21(25)16-9-5-4-6-10-16)24(19)15-17-11-7-8-12-18(17)22/h4-12,14H,2-3,13,15H2,1H3. The Kier molecular flexibility index (Phi) is 6.08. The number of unbranched alkanes of at least 4 members (excludes halogenated alkanes) is 1. The largest absolute Gasteiger partial charge is 0.404 e. The molecule has 2 aromatic carbocycles. The molecule has 0 saturated carbocycles. The lowest BCUT2D eigenvalue weighted by Gasteiger charge is -2.13. The van der Waals surface area contributed by atoms with Gasteiger partial charge < -0.3 is 4.74 Å². The van der Waals surface area contributed by atoms with Gasteiger partial charge in [0.1, 0.15) is 5.82 Å². The van der Waals surface area contributed by atoms with Gasteiger partial charge in [0.05, 0.1) is 18.3 Å². The number of carbonyl (C=O) groups is 1. The number of imidazole rings is 1. The zero-order chi connectivity index (χ0) is 18.4. The van der Waals surface area contributed by atoms with E-state index in [0.717, 1.165) is 30.7 Å². The average Bonchev–Trinajstić information content (AvgIpc) is 3.04. The number of carbonyl (C=O) groups excluding carboxylic acids is 1. The highest BCUT2D eigenvalue weighted by molar-refractivity contribution is 6.31. The molecule has 0 aliphatic rings. The van der Waals surface area contributed by atoms with Gasteiger partial charge in [0, 0.05) is 11.4 Å². The number of hydrogen-bond donors (Lipinski definition) is 0. The number of aryl methyl sites for hydroxylation is 1. The number of hydrogen-bond acceptors (Lipinski definition) is 3. The molecule has 0 radical (unpaired) electrons. The zero-order valence-electron chi connectivity index (χ0n) is 14.7. The fraction of sp³-hybridized carbons (Fsp3) is 0.238. The molecule has 0 spiro atoms. The highest BCUT2D eigenvalue weighted by atomic mass is 35.5. The molecule has 26 heavy (non-hydrogen) atoms. The Hall–Kier alpha value is -2.59. The zero-order valence-corrected chi connectivity index (χ0v) is 15.4. The van der Waals surface area contributed by atoms with Gasteiger partial charge in [-0.15, -0.1) is 0 Å². The van der Waals surface area contributed by atoms with Crippen molar-refractivity contribution in [2.24, 2.45) is 0 Å². The van der Waals surface area contributed by atoms with Gasteiger partial charge in [0.25, 0.3) is 0 Å². The van der Waals surface area contributed by atoms with Gasteiger partial charge in [-0.25, -0.2) is 9.78 Å². The third-order valence-corrected chi connectivity index (χ3v) is 4.52. The lowest BCUT2D eigenvalue weighted by atomic mass is 10.2. The summed E-state index contributed by atoms with van der Waals surface area (Å²) in [6.45, 7) is 2.65. The van der Waals surface area contributed by atoms with E-state index >= 15 is 0 Å². The van der Waals surface area contributed by atoms with Crippen molar-refractivity contribution < 1.29 is 9.53 Å². The molecule has 5 heteroatoms. The van der Waals surface area contributed by atoms with Gasteiger partial charge in [-0.3, -0.25) is 4.57 Å². The second kappa shape index (κ2) is 8.68. The molecule has 0 aliphatic carbocycles. The third kappa shape index (κ3) is 4.33. The molecule has 0 atom stereocenters. The monoisotopic (exact) mass is 368 g/mol. The molecule has 0 unspecified atom stereocenters. The minimum atomic E-state index is -0.395. The minimum Gasteiger partial charge on any atom is -0.404 e. The van der Waals surface area contributed by atoms with Crippen molar-refractivity contribution in [3.05, 3.63) is 82.8 Å². The summed E-state index contributed by atoms with van der Waals surface area (Å²) in [4.78, 5) is 16.9. The van der Waals surface area contributed by atoms with Gasteiger partial charge in [-0.1, -0.05) is 61.3 Å². The Bertz CT molecular complexity index is 875. The Morgan fingerprint density at radius 1 is 1.12 bits per heavy atom. The van der Waals surface area contributed by atoms with Crippen LogP contribution in [0.3, 0.4) is 0 Å². The number of nitrogens with zero attached hydrogens (tertiary/aromatic N) is 2. The highest BCUT2D eigenvalue weighted by Crippen LogP contribution is 2.23. The predicted octanol–water partition coefficient (Wildman–Crippen LogP) is 5.15. The third-order valence-electron chi connectivity index (χ3n) is 4.15. The van der Waals surface area contributed by atoms with E-state index in [1.807, 2.05) is 47.0 Å². The van der Waals surface area contributed by atoms with Crippen LogP contribution in [0.4, 0.5) is 0 Å². The summed E-state index contributed by atoms with van der Waals surface area (Å²) in [5, 5.41) is 0.683. The van der Waals surface area contributed by atoms with Crippen molar-refractivity contribution in [3.63, 3.8) is 0 Å². The van der Waals surface area contributed by atoms with Crippen molar-refractivity contribution >= 4 is 17.6 Å². The molecule has 0 N–H and O–H groups in total. The summed E-state index contributed by atoms with van der Waals surface area (Å²) < 4.78 is 7.55. The number of ether oxygens (including phenoxy) is 1. The van der Waals surface area contributed by atoms with Crippen LogP contribution in [0.5, 0.6) is 5.88 Å². The summed E-state index contributed by atoms with van der Waals surface area (Å²) in [6.07, 6.45) is 4.52. The second-order valence-corrected chi connectivity index (χ2v) is 6.46. The van der Waals surface area contributed by atoms with Crippen LogP contribution in [-0.4, -0.2) is 15.5 Å². The lowest BCUT2D eigenvalue weighted by Crippen LogP contribution is -2.14. The van der Waals surface area contributed by atoms with Gasteiger partial charge in [0.2, 0.25) is 5.88 Å². The molecule has 0 fully saturated rings. The highest BCUT2D eigenvalue weighted by Gasteiger charge is 2.16. The van der Waals surface area contributed by atoms with Crippen LogP contribution in [0.2, 0.25) is 5.02 Å². The van der Waals surface area contributed by atoms with Crippen LogP contribution in [0.15, 0.2) is 60.8 Å². The van der Waals surface area contributed by atoms with Crippen LogP contribution in [-0.2, 0) is 13.0 Å². The lowest BCUT2D eigenvalue weighted by molar-refractivity contribution is 0.0721. The summed E-state index contributed by atoms with van der Waals surface area (Å²) in [7, 11) is 0. The van der Waals surface area contributed by atoms with E-state index in [0.29, 0.717) is 23.0 Å². The summed E-state index contributed by atoms with van der Waals surface area (Å²) in [5.41, 5.74) is 1.47. The van der Waals surface area contributed by atoms with Crippen LogP contribution >= 0.6 is 11.6 Å². The molecule has 1 aromatic heterocycles. The molecule has 0 aliphatic heterocycles. The molecular formula is C21H21ClN2O2. The van der Waals surface area contributed by atoms with Gasteiger partial charge >= 0.3 is 5.97 Å². The van der Waals surface area contributed by atoms with Crippen LogP contribution < -0.4 is 4.74 Å². The van der Waals surface area contributed by atoms with E-state index in [9.17, 15) is 4.79 Å². The maximum absolute atomic E-state index is 12.4. The van der Waals surface area contributed by atoms with Crippen LogP contribution in [0, 0.1) is 0 Å². The Labute approximate surface area is 158 Å². The quantitative estimate of drug-likeness (QED) is 0.542. The predicted molar refractivity (Wildman–Crippen MR) is 103 cm³/mol. The number of halogens is 1. The summed E-state index contributed by atoms with van der Waals surface area (Å²) in [6, 6.07) is 16.6. The maximum atomic E-state index is 12.4. The minimum absolute atomic E-state index is 0.395. The first-order valence-corrected chi connectivity index (χ1v) is 9.12. The fourth-order valence-corrected chi connectivity index (χ4v) is 2.90. The molecular weight excluding hydrogens is 348 g/mol. The van der Waals surface area contributed by atoms with Gasteiger partial charge in [0.15, 0.2) is 0 Å². The smallest absolute Gasteiger partial charge is 0.344 e. The van der Waals surface area contributed by atoms with Crippen molar-refractivity contribution in [2.75, 3.05) is 0 Å². The maximum Gasteiger partial charge on any atom is 0.344 e. The van der Waals surface area contributed by atoms with E-state index in [1.165, 1.54) is 0 Å². The Morgan fingerprint density at radius 3 is 2.58 bits per heavy atom. The van der Waals surface area contributed by atoms with E-state index in [-0.39, 0.29) is 0 Å². The van der Waals surface area contributed by atoms with Gasteiger partial charge in [-0.2, -0.15) is 0 Å². The van der Waals surface area contributed by atoms with Crippen molar-refractivity contribution in [2.45, 2.75) is 32.7 Å². The molecule has 4 nitrogen and oxygen atoms in total. The Morgan fingerprint density at radius 2 is 1.85 bits per heavy atom. The average molecular weight is 369 g/mol. The topological polar surface area (TPSA) is 44.1 Å². The molecule has 134 valence electrons. The van der Waals surface area contributed by atoms with Crippen molar-refractivity contribution in [1.29, 1.82) is 0 Å². The number of esters is 1. The first-order valence-electron chi connectivity index (χ1n) is 8.74. The Balaban J connectivity index is 1.88. The molecule has 3 aromatic rings. The molecule has 0 saturated heterocycles. The van der Waals surface area contributed by atoms with Crippen LogP contribution in [0.25, 0.3) is 0 Å². The normalized spacial score (nSPS) is 10.7. The van der Waals surface area contributed by atoms with E-state index in [4.69, 9.17) is 16.3 Å². The number of benzene rings is 2. The first-order chi connectivity index (χ1) is 12.7. The van der Waals surface area contributed by atoms with Crippen LogP contribution in [0.1, 0.15) is 41.5 Å². The SMILES string of the molecule is CCCCc1ncc(OC(=O)c2ccccc2)n1Cc1ccccc1Cl. The molecule has 1 heterocycles. The molecule has 0 amide bonds. The molecule has 3 rings (SSSR count). The second-order valence-electron chi connectivity index (χ2n) is 6.05. The van der Waals surface area contributed by atoms with E-state index in [2.05, 4.69) is 11.9 Å². The summed E-state index contributed by atoms with van der Waals surface area (Å²) in [5.74, 6) is 0.931. The van der Waals surface area contributed by atoms with E-state index < -0.39 is 5.97 Å². The van der Waals surface area contributed by atoms with Crippen molar-refractivity contribution in [1.82, 2.24) is 9.55 Å². The van der Waals surface area contributed by atoms with Crippen molar-refractivity contribution in [3.8, 4) is 5.88 Å². The number of aromatic nitrogens is 2. The fourth-order valence-electron chi connectivity index (χ4n) is 2.71. The first kappa shape index (κ1) is 18.2. The summed E-state index contributed by atoms with van der Waals surface area (Å²) >= 11 is 6.31. The molecule has 0 bridgehead atoms. The van der Waals surface area contributed by atoms with E-state index in [1.54, 1.807) is 18.3 Å². The van der Waals surface area contributed by atoms with Gasteiger partial charge in [-0.05, 0) is 30.2 Å².